The van der Waals surface area contributed by atoms with Gasteiger partial charge in [0.25, 0.3) is 7.52 Å². The van der Waals surface area contributed by atoms with Gasteiger partial charge < -0.3 is 9.26 Å². The fraction of sp³-hybridized carbons (Fsp3) is 0.929. The number of rotatable bonds is 9. The molecule has 20 heavy (non-hydrogen) atoms. The number of esters is 1. The summed E-state index contributed by atoms with van der Waals surface area (Å²) in [6, 6.07) is 0. The number of unbranched alkanes of at least 4 members (excludes halogenated alkanes) is 4. The lowest BCUT2D eigenvalue weighted by Gasteiger charge is -2.34. The van der Waals surface area contributed by atoms with Gasteiger partial charge >= 0.3 is 5.97 Å². The molecule has 0 amide bonds. The highest BCUT2D eigenvalue weighted by Gasteiger charge is 2.35. The van der Waals surface area contributed by atoms with Crippen LogP contribution in [0.25, 0.3) is 0 Å². The maximum atomic E-state index is 12.8. The highest BCUT2D eigenvalue weighted by atomic mass is 31.2. The number of hydrogen-bond donors (Lipinski definition) is 0. The summed E-state index contributed by atoms with van der Waals surface area (Å²) >= 11 is 0. The molecule has 0 N–H and O–H groups in total. The van der Waals surface area contributed by atoms with Crippen molar-refractivity contribution in [2.24, 2.45) is 0 Å². The van der Waals surface area contributed by atoms with Crippen LogP contribution in [0, 0.1) is 0 Å². The summed E-state index contributed by atoms with van der Waals surface area (Å²) in [6.45, 7) is 5.58. The first-order chi connectivity index (χ1) is 9.62. The van der Waals surface area contributed by atoms with Crippen molar-refractivity contribution in [1.82, 2.24) is 4.67 Å². The quantitative estimate of drug-likeness (QED) is 0.371. The van der Waals surface area contributed by atoms with Crippen LogP contribution in [-0.4, -0.2) is 43.1 Å². The number of hydrogen-bond acceptors (Lipinski definition) is 4. The lowest BCUT2D eigenvalue weighted by molar-refractivity contribution is -0.143. The molecule has 118 valence electrons. The maximum Gasteiger partial charge on any atom is 0.320 e. The standard InChI is InChI=1S/C14H28NO4P/c1-3-5-6-7-8-12-20(17)15(10-9-11-19-20)13-14(16)18-4-2/h3-13H2,1-2H3. The van der Waals surface area contributed by atoms with Crippen LogP contribution in [0.2, 0.25) is 0 Å². The first kappa shape index (κ1) is 17.7. The number of carbonyl (C=O) groups is 1. The highest BCUT2D eigenvalue weighted by Crippen LogP contribution is 2.53. The third kappa shape index (κ3) is 5.94. The molecule has 0 aliphatic carbocycles. The summed E-state index contributed by atoms with van der Waals surface area (Å²) < 4.78 is 25.0. The van der Waals surface area contributed by atoms with Gasteiger partial charge in [-0.15, -0.1) is 0 Å². The van der Waals surface area contributed by atoms with E-state index in [0.29, 0.717) is 25.9 Å². The zero-order chi connectivity index (χ0) is 14.8. The second kappa shape index (κ2) is 9.54. The van der Waals surface area contributed by atoms with Gasteiger partial charge in [-0.2, -0.15) is 0 Å². The Morgan fingerprint density at radius 2 is 2.00 bits per heavy atom. The van der Waals surface area contributed by atoms with Gasteiger partial charge in [0.05, 0.1) is 13.2 Å². The van der Waals surface area contributed by atoms with E-state index in [-0.39, 0.29) is 12.5 Å². The lowest BCUT2D eigenvalue weighted by Crippen LogP contribution is -2.34. The van der Waals surface area contributed by atoms with Gasteiger partial charge in [-0.05, 0) is 19.8 Å². The molecule has 0 aromatic rings. The van der Waals surface area contributed by atoms with Crippen LogP contribution in [0.4, 0.5) is 0 Å². The Morgan fingerprint density at radius 3 is 2.70 bits per heavy atom. The minimum absolute atomic E-state index is 0.0834. The molecule has 1 rings (SSSR count). The van der Waals surface area contributed by atoms with E-state index in [4.69, 9.17) is 9.26 Å². The first-order valence-electron chi connectivity index (χ1n) is 7.77. The Labute approximate surface area is 122 Å². The predicted molar refractivity (Wildman–Crippen MR) is 80.0 cm³/mol. The summed E-state index contributed by atoms with van der Waals surface area (Å²) in [7, 11) is -2.82. The van der Waals surface area contributed by atoms with Crippen molar-refractivity contribution in [3.8, 4) is 0 Å². The van der Waals surface area contributed by atoms with E-state index in [0.717, 1.165) is 19.3 Å². The summed E-state index contributed by atoms with van der Waals surface area (Å²) in [5.74, 6) is -0.316. The summed E-state index contributed by atoms with van der Waals surface area (Å²) in [6.07, 6.45) is 6.94. The summed E-state index contributed by atoms with van der Waals surface area (Å²) in [5.41, 5.74) is 0. The molecule has 0 radical (unpaired) electrons. The highest BCUT2D eigenvalue weighted by molar-refractivity contribution is 7.56. The second-order valence-corrected chi connectivity index (χ2v) is 7.70. The van der Waals surface area contributed by atoms with Crippen molar-refractivity contribution < 1.29 is 18.6 Å². The van der Waals surface area contributed by atoms with Crippen molar-refractivity contribution in [1.29, 1.82) is 0 Å². The minimum Gasteiger partial charge on any atom is -0.465 e. The maximum absolute atomic E-state index is 12.8. The van der Waals surface area contributed by atoms with E-state index in [1.807, 2.05) is 0 Å². The Balaban J connectivity index is 2.44. The van der Waals surface area contributed by atoms with Crippen molar-refractivity contribution in [3.05, 3.63) is 0 Å². The topological polar surface area (TPSA) is 55.8 Å². The molecular formula is C14H28NO4P. The van der Waals surface area contributed by atoms with Crippen molar-refractivity contribution in [3.63, 3.8) is 0 Å². The average Bonchev–Trinajstić information content (AvgIpc) is 2.42. The minimum atomic E-state index is -2.82. The van der Waals surface area contributed by atoms with E-state index in [2.05, 4.69) is 6.92 Å². The molecule has 5 nitrogen and oxygen atoms in total. The number of carbonyl (C=O) groups excluding carboxylic acids is 1. The lowest BCUT2D eigenvalue weighted by atomic mass is 10.2. The van der Waals surface area contributed by atoms with E-state index < -0.39 is 7.52 Å². The molecule has 1 unspecified atom stereocenters. The van der Waals surface area contributed by atoms with Gasteiger partial charge in [0, 0.05) is 12.7 Å². The molecule has 1 fully saturated rings. The van der Waals surface area contributed by atoms with Gasteiger partial charge in [-0.1, -0.05) is 32.6 Å². The van der Waals surface area contributed by atoms with Crippen LogP contribution in [0.1, 0.15) is 52.4 Å². The number of ether oxygens (including phenoxy) is 1. The van der Waals surface area contributed by atoms with Crippen LogP contribution < -0.4 is 0 Å². The smallest absolute Gasteiger partial charge is 0.320 e. The van der Waals surface area contributed by atoms with Gasteiger partial charge in [-0.25, -0.2) is 4.67 Å². The molecule has 0 aromatic carbocycles. The predicted octanol–water partition coefficient (Wildman–Crippen LogP) is 3.44. The van der Waals surface area contributed by atoms with Crippen LogP contribution in [-0.2, 0) is 18.6 Å². The third-order valence-corrected chi connectivity index (χ3v) is 6.12. The van der Waals surface area contributed by atoms with Gasteiger partial charge in [-0.3, -0.25) is 9.36 Å². The Hall–Kier alpha value is -0.380. The molecule has 1 atom stereocenters. The van der Waals surface area contributed by atoms with Gasteiger partial charge in [0.15, 0.2) is 0 Å². The zero-order valence-corrected chi connectivity index (χ0v) is 13.7. The Bertz CT molecular complexity index is 335. The van der Waals surface area contributed by atoms with E-state index in [1.54, 1.807) is 11.6 Å². The molecule has 1 heterocycles. The fourth-order valence-electron chi connectivity index (χ4n) is 2.35. The van der Waals surface area contributed by atoms with Crippen LogP contribution in [0.3, 0.4) is 0 Å². The second-order valence-electron chi connectivity index (χ2n) is 5.16. The summed E-state index contributed by atoms with van der Waals surface area (Å²) in [4.78, 5) is 11.6. The molecule has 0 bridgehead atoms. The van der Waals surface area contributed by atoms with Crippen LogP contribution in [0.15, 0.2) is 0 Å². The molecule has 0 saturated carbocycles. The number of nitrogens with zero attached hydrogens (tertiary/aromatic N) is 1. The molecule has 6 heteroatoms. The van der Waals surface area contributed by atoms with E-state index in [9.17, 15) is 9.36 Å². The molecular weight excluding hydrogens is 277 g/mol. The molecule has 0 aromatic heterocycles. The average molecular weight is 305 g/mol. The zero-order valence-electron chi connectivity index (χ0n) is 12.8. The molecule has 1 saturated heterocycles. The van der Waals surface area contributed by atoms with Crippen molar-refractivity contribution >= 4 is 13.5 Å². The molecule has 1 aliphatic heterocycles. The third-order valence-electron chi connectivity index (χ3n) is 3.45. The van der Waals surface area contributed by atoms with Crippen molar-refractivity contribution in [2.45, 2.75) is 52.4 Å². The van der Waals surface area contributed by atoms with Crippen LogP contribution >= 0.6 is 7.52 Å². The monoisotopic (exact) mass is 305 g/mol. The normalized spacial score (nSPS) is 23.7. The first-order valence-corrected chi connectivity index (χ1v) is 9.53. The molecule has 1 aliphatic rings. The van der Waals surface area contributed by atoms with E-state index in [1.165, 1.54) is 19.3 Å². The Kier molecular flexibility index (Phi) is 8.43. The van der Waals surface area contributed by atoms with Gasteiger partial charge in [0.1, 0.15) is 6.54 Å². The Morgan fingerprint density at radius 1 is 1.25 bits per heavy atom. The summed E-state index contributed by atoms with van der Waals surface area (Å²) in [5, 5.41) is 0. The SMILES string of the molecule is CCCCCCCP1(=O)OCCCN1CC(=O)OCC. The fourth-order valence-corrected chi connectivity index (χ4v) is 4.74. The van der Waals surface area contributed by atoms with Gasteiger partial charge in [0.2, 0.25) is 0 Å². The molecule has 0 spiro atoms. The largest absolute Gasteiger partial charge is 0.465 e. The van der Waals surface area contributed by atoms with E-state index >= 15 is 0 Å². The van der Waals surface area contributed by atoms with Crippen molar-refractivity contribution in [2.75, 3.05) is 32.5 Å². The van der Waals surface area contributed by atoms with Crippen LogP contribution in [0.5, 0.6) is 0 Å².